The maximum absolute atomic E-state index is 5.19. The maximum atomic E-state index is 5.19. The van der Waals surface area contributed by atoms with E-state index in [0.717, 1.165) is 25.1 Å². The van der Waals surface area contributed by atoms with Crippen LogP contribution in [0.2, 0.25) is 0 Å². The van der Waals surface area contributed by atoms with Crippen LogP contribution in [0.1, 0.15) is 31.2 Å². The first-order valence-corrected chi connectivity index (χ1v) is 6.18. The van der Waals surface area contributed by atoms with Gasteiger partial charge in [0.15, 0.2) is 0 Å². The number of allylic oxidation sites excluding steroid dienone is 1. The van der Waals surface area contributed by atoms with Gasteiger partial charge in [0.2, 0.25) is 5.88 Å². The summed E-state index contributed by atoms with van der Waals surface area (Å²) in [4.78, 5) is 4.16. The summed E-state index contributed by atoms with van der Waals surface area (Å²) >= 11 is 0. The molecule has 0 spiro atoms. The molecule has 0 fully saturated rings. The number of nitrogens with zero attached hydrogens (tertiary/aromatic N) is 1. The first kappa shape index (κ1) is 13.7. The molecule has 0 saturated heterocycles. The number of nitrogens with one attached hydrogen (secondary N) is 1. The molecule has 0 radical (unpaired) electrons. The molecule has 17 heavy (non-hydrogen) atoms. The van der Waals surface area contributed by atoms with Crippen LogP contribution in [0.4, 0.5) is 0 Å². The van der Waals surface area contributed by atoms with Crippen LogP contribution in [-0.4, -0.2) is 18.6 Å². The van der Waals surface area contributed by atoms with Crippen LogP contribution >= 0.6 is 0 Å². The van der Waals surface area contributed by atoms with Crippen molar-refractivity contribution in [2.24, 2.45) is 0 Å². The van der Waals surface area contributed by atoms with Crippen LogP contribution in [-0.2, 0) is 6.54 Å². The van der Waals surface area contributed by atoms with Crippen molar-refractivity contribution in [1.82, 2.24) is 10.3 Å². The van der Waals surface area contributed by atoms with Crippen LogP contribution < -0.4 is 10.1 Å². The summed E-state index contributed by atoms with van der Waals surface area (Å²) in [7, 11) is 1.65. The van der Waals surface area contributed by atoms with E-state index in [1.165, 1.54) is 19.3 Å². The number of aromatic nitrogens is 1. The van der Waals surface area contributed by atoms with Gasteiger partial charge in [-0.15, -0.1) is 6.58 Å². The van der Waals surface area contributed by atoms with Gasteiger partial charge in [0, 0.05) is 18.3 Å². The summed E-state index contributed by atoms with van der Waals surface area (Å²) in [6.07, 6.45) is 8.54. The Morgan fingerprint density at radius 3 is 3.06 bits per heavy atom. The van der Waals surface area contributed by atoms with E-state index in [4.69, 9.17) is 4.74 Å². The Hall–Kier alpha value is -1.35. The van der Waals surface area contributed by atoms with Crippen molar-refractivity contribution >= 4 is 0 Å². The topological polar surface area (TPSA) is 34.2 Å². The number of ether oxygens (including phenoxy) is 1. The van der Waals surface area contributed by atoms with E-state index in [0.29, 0.717) is 5.88 Å². The minimum atomic E-state index is 0.714. The molecule has 0 amide bonds. The Morgan fingerprint density at radius 1 is 1.41 bits per heavy atom. The SMILES string of the molecule is C=CCCCCCNCc1cccnc1OC. The molecule has 3 heteroatoms. The van der Waals surface area contributed by atoms with Crippen LogP contribution in [0.25, 0.3) is 0 Å². The predicted octanol–water partition coefficient (Wildman–Crippen LogP) is 2.93. The molecule has 0 unspecified atom stereocenters. The quantitative estimate of drug-likeness (QED) is 0.527. The van der Waals surface area contributed by atoms with E-state index < -0.39 is 0 Å². The van der Waals surface area contributed by atoms with Crippen LogP contribution in [0.15, 0.2) is 31.0 Å². The molecule has 0 aliphatic heterocycles. The first-order chi connectivity index (χ1) is 8.38. The van der Waals surface area contributed by atoms with Gasteiger partial charge in [-0.3, -0.25) is 0 Å². The van der Waals surface area contributed by atoms with E-state index in [1.54, 1.807) is 13.3 Å². The van der Waals surface area contributed by atoms with Gasteiger partial charge in [-0.2, -0.15) is 0 Å². The van der Waals surface area contributed by atoms with Crippen molar-refractivity contribution < 1.29 is 4.74 Å². The third kappa shape index (κ3) is 5.50. The molecule has 1 heterocycles. The Balaban J connectivity index is 2.15. The normalized spacial score (nSPS) is 10.2. The highest BCUT2D eigenvalue weighted by atomic mass is 16.5. The molecule has 0 saturated carbocycles. The molecule has 1 aromatic rings. The number of hydrogen-bond acceptors (Lipinski definition) is 3. The van der Waals surface area contributed by atoms with Crippen molar-refractivity contribution in [3.05, 3.63) is 36.5 Å². The molecule has 3 nitrogen and oxygen atoms in total. The lowest BCUT2D eigenvalue weighted by molar-refractivity contribution is 0.390. The van der Waals surface area contributed by atoms with E-state index in [-0.39, 0.29) is 0 Å². The fraction of sp³-hybridized carbons (Fsp3) is 0.500. The van der Waals surface area contributed by atoms with E-state index >= 15 is 0 Å². The Bertz CT molecular complexity index is 326. The molecule has 0 aromatic carbocycles. The monoisotopic (exact) mass is 234 g/mol. The molecule has 0 aliphatic rings. The highest BCUT2D eigenvalue weighted by Gasteiger charge is 2.01. The minimum Gasteiger partial charge on any atom is -0.481 e. The van der Waals surface area contributed by atoms with Crippen molar-refractivity contribution in [3.63, 3.8) is 0 Å². The smallest absolute Gasteiger partial charge is 0.217 e. The number of rotatable bonds is 9. The van der Waals surface area contributed by atoms with Crippen LogP contribution in [0.3, 0.4) is 0 Å². The van der Waals surface area contributed by atoms with Gasteiger partial charge in [-0.25, -0.2) is 4.98 Å². The summed E-state index contributed by atoms with van der Waals surface area (Å²) in [6.45, 7) is 5.57. The van der Waals surface area contributed by atoms with E-state index in [2.05, 4.69) is 16.9 Å². The summed E-state index contributed by atoms with van der Waals surface area (Å²) in [6, 6.07) is 3.97. The van der Waals surface area contributed by atoms with E-state index in [1.807, 2.05) is 18.2 Å². The van der Waals surface area contributed by atoms with Gasteiger partial charge < -0.3 is 10.1 Å². The summed E-state index contributed by atoms with van der Waals surface area (Å²) in [5.74, 6) is 0.714. The van der Waals surface area contributed by atoms with Gasteiger partial charge in [0.05, 0.1) is 7.11 Å². The highest BCUT2D eigenvalue weighted by Crippen LogP contribution is 2.12. The zero-order valence-electron chi connectivity index (χ0n) is 10.6. The summed E-state index contributed by atoms with van der Waals surface area (Å²) in [5, 5.41) is 3.41. The average molecular weight is 234 g/mol. The number of hydrogen-bond donors (Lipinski definition) is 1. The zero-order valence-corrected chi connectivity index (χ0v) is 10.6. The maximum Gasteiger partial charge on any atom is 0.217 e. The van der Waals surface area contributed by atoms with Gasteiger partial charge in [-0.1, -0.05) is 18.6 Å². The van der Waals surface area contributed by atoms with Crippen molar-refractivity contribution in [2.75, 3.05) is 13.7 Å². The second-order valence-corrected chi connectivity index (χ2v) is 3.99. The van der Waals surface area contributed by atoms with Crippen LogP contribution in [0, 0.1) is 0 Å². The molecular weight excluding hydrogens is 212 g/mol. The van der Waals surface area contributed by atoms with E-state index in [9.17, 15) is 0 Å². The fourth-order valence-corrected chi connectivity index (χ4v) is 1.68. The van der Waals surface area contributed by atoms with Gasteiger partial charge in [0.1, 0.15) is 0 Å². The number of methoxy groups -OCH3 is 1. The molecular formula is C14H22N2O. The third-order valence-electron chi connectivity index (χ3n) is 2.62. The molecule has 0 aliphatic carbocycles. The molecule has 0 bridgehead atoms. The zero-order chi connectivity index (χ0) is 12.3. The lowest BCUT2D eigenvalue weighted by Crippen LogP contribution is -2.15. The fourth-order valence-electron chi connectivity index (χ4n) is 1.68. The van der Waals surface area contributed by atoms with Gasteiger partial charge in [-0.05, 0) is 31.9 Å². The van der Waals surface area contributed by atoms with Gasteiger partial charge in [0.25, 0.3) is 0 Å². The molecule has 1 N–H and O–H groups in total. The molecule has 1 rings (SSSR count). The van der Waals surface area contributed by atoms with Crippen molar-refractivity contribution in [3.8, 4) is 5.88 Å². The molecule has 0 atom stereocenters. The van der Waals surface area contributed by atoms with Crippen LogP contribution in [0.5, 0.6) is 5.88 Å². The second kappa shape index (κ2) is 8.76. The lowest BCUT2D eigenvalue weighted by atomic mass is 10.2. The Morgan fingerprint density at radius 2 is 2.29 bits per heavy atom. The number of pyridine rings is 1. The summed E-state index contributed by atoms with van der Waals surface area (Å²) in [5.41, 5.74) is 1.11. The highest BCUT2D eigenvalue weighted by molar-refractivity contribution is 5.24. The minimum absolute atomic E-state index is 0.714. The third-order valence-corrected chi connectivity index (χ3v) is 2.62. The average Bonchev–Trinajstić information content (AvgIpc) is 2.38. The largest absolute Gasteiger partial charge is 0.481 e. The lowest BCUT2D eigenvalue weighted by Gasteiger charge is -2.08. The Kier molecular flexibility index (Phi) is 7.07. The van der Waals surface area contributed by atoms with Crippen molar-refractivity contribution in [2.45, 2.75) is 32.2 Å². The molecule has 94 valence electrons. The standard InChI is InChI=1S/C14H22N2O/c1-3-4-5-6-7-10-15-12-13-9-8-11-16-14(13)17-2/h3,8-9,11,15H,1,4-7,10,12H2,2H3. The predicted molar refractivity (Wildman–Crippen MR) is 71.2 cm³/mol. The molecule has 1 aromatic heterocycles. The summed E-state index contributed by atoms with van der Waals surface area (Å²) < 4.78 is 5.19. The van der Waals surface area contributed by atoms with Gasteiger partial charge >= 0.3 is 0 Å². The first-order valence-electron chi connectivity index (χ1n) is 6.18. The second-order valence-electron chi connectivity index (χ2n) is 3.99. The van der Waals surface area contributed by atoms with Crippen molar-refractivity contribution in [1.29, 1.82) is 0 Å². The Labute approximate surface area is 104 Å². The number of unbranched alkanes of at least 4 members (excludes halogenated alkanes) is 3.